The van der Waals surface area contributed by atoms with E-state index in [1.54, 1.807) is 0 Å². The quantitative estimate of drug-likeness (QED) is 0.421. The van der Waals surface area contributed by atoms with E-state index < -0.39 is 33.5 Å². The second kappa shape index (κ2) is 7.82. The van der Waals surface area contributed by atoms with Crippen molar-refractivity contribution in [2.24, 2.45) is 4.36 Å². The molecule has 0 aliphatic heterocycles. The van der Waals surface area contributed by atoms with Crippen LogP contribution in [0.15, 0.2) is 57.7 Å². The first kappa shape index (κ1) is 21.6. The minimum Gasteiger partial charge on any atom is -0.329 e. The number of aromatic nitrogens is 4. The van der Waals surface area contributed by atoms with Crippen molar-refractivity contribution >= 4 is 21.3 Å². The molecule has 3 heterocycles. The molecule has 1 amide bonds. The van der Waals surface area contributed by atoms with Crippen LogP contribution in [0.25, 0.3) is 17.0 Å². The third-order valence-corrected chi connectivity index (χ3v) is 5.62. The van der Waals surface area contributed by atoms with Gasteiger partial charge in [-0.3, -0.25) is 4.79 Å². The Balaban J connectivity index is 1.60. The minimum absolute atomic E-state index is 0.204. The van der Waals surface area contributed by atoms with Gasteiger partial charge in [-0.05, 0) is 24.3 Å². The lowest BCUT2D eigenvalue weighted by molar-refractivity contribution is -0.159. The Morgan fingerprint density at radius 3 is 2.66 bits per heavy atom. The summed E-state index contributed by atoms with van der Waals surface area (Å²) in [5, 5.41) is 3.32. The molecule has 4 aromatic rings. The summed E-state index contributed by atoms with van der Waals surface area (Å²) in [5.41, 5.74) is 0.556. The summed E-state index contributed by atoms with van der Waals surface area (Å²) in [6, 6.07) is 8.10. The maximum atomic E-state index is 13.8. The Bertz CT molecular complexity index is 1450. The highest BCUT2D eigenvalue weighted by Gasteiger charge is 2.38. The fourth-order valence-corrected chi connectivity index (χ4v) is 4.07. The maximum absolute atomic E-state index is 13.8. The van der Waals surface area contributed by atoms with Gasteiger partial charge in [0.25, 0.3) is 5.91 Å². The Morgan fingerprint density at radius 2 is 1.97 bits per heavy atom. The van der Waals surface area contributed by atoms with Gasteiger partial charge in [0.2, 0.25) is 5.82 Å². The third kappa shape index (κ3) is 4.51. The van der Waals surface area contributed by atoms with Crippen molar-refractivity contribution in [3.05, 3.63) is 71.8 Å². The van der Waals surface area contributed by atoms with Crippen LogP contribution in [0.2, 0.25) is 0 Å². The molecule has 0 radical (unpaired) electrons. The number of benzene rings is 1. The van der Waals surface area contributed by atoms with Crippen molar-refractivity contribution in [3.63, 3.8) is 0 Å². The number of hydrogen-bond acceptors (Lipinski definition) is 6. The smallest absolute Gasteiger partial charge is 0.329 e. The number of pyridine rings is 1. The van der Waals surface area contributed by atoms with Gasteiger partial charge in [0.15, 0.2) is 0 Å². The standard InChI is InChI=1S/C19H13F4N5O3S/c1-32(30,27-17(29)13-4-2-3-5-14(13)20)10-12-9-28-7-6-11(8-15(28)24-12)16-25-18(31-26-16)19(21,22)23/h2-9H,10H2,1H3. The van der Waals surface area contributed by atoms with Gasteiger partial charge in [-0.1, -0.05) is 17.3 Å². The maximum Gasteiger partial charge on any atom is 0.471 e. The fourth-order valence-electron chi connectivity index (χ4n) is 2.86. The summed E-state index contributed by atoms with van der Waals surface area (Å²) in [6.07, 6.45) is -0.480. The number of halogens is 4. The molecule has 8 nitrogen and oxygen atoms in total. The average Bonchev–Trinajstić information content (AvgIpc) is 3.33. The van der Waals surface area contributed by atoms with Crippen LogP contribution in [0, 0.1) is 5.82 Å². The molecule has 13 heteroatoms. The molecule has 0 aliphatic rings. The van der Waals surface area contributed by atoms with Crippen LogP contribution in [0.5, 0.6) is 0 Å². The first-order valence-corrected chi connectivity index (χ1v) is 11.0. The zero-order valence-corrected chi connectivity index (χ0v) is 17.0. The molecule has 1 aromatic carbocycles. The topological polar surface area (TPSA) is 103 Å². The number of alkyl halides is 3. The summed E-state index contributed by atoms with van der Waals surface area (Å²) in [7, 11) is -3.10. The van der Waals surface area contributed by atoms with Crippen LogP contribution in [-0.4, -0.2) is 35.9 Å². The molecule has 0 saturated heterocycles. The summed E-state index contributed by atoms with van der Waals surface area (Å²) in [6.45, 7) is 0. The molecular weight excluding hydrogens is 454 g/mol. The monoisotopic (exact) mass is 467 g/mol. The highest BCUT2D eigenvalue weighted by Crippen LogP contribution is 2.29. The molecule has 4 rings (SSSR count). The zero-order valence-electron chi connectivity index (χ0n) is 16.2. The average molecular weight is 467 g/mol. The number of hydrogen-bond donors (Lipinski definition) is 0. The van der Waals surface area contributed by atoms with E-state index in [2.05, 4.69) is 24.0 Å². The Labute approximate surface area is 178 Å². The number of rotatable bonds is 4. The molecule has 1 unspecified atom stereocenters. The molecule has 1 atom stereocenters. The fraction of sp³-hybridized carbons (Fsp3) is 0.158. The predicted molar refractivity (Wildman–Crippen MR) is 104 cm³/mol. The van der Waals surface area contributed by atoms with E-state index in [1.165, 1.54) is 53.4 Å². The zero-order chi connectivity index (χ0) is 23.1. The van der Waals surface area contributed by atoms with Crippen molar-refractivity contribution in [2.45, 2.75) is 11.9 Å². The number of imidazole rings is 1. The largest absolute Gasteiger partial charge is 0.471 e. The van der Waals surface area contributed by atoms with Gasteiger partial charge < -0.3 is 8.92 Å². The van der Waals surface area contributed by atoms with Gasteiger partial charge >= 0.3 is 12.1 Å². The molecule has 0 N–H and O–H groups in total. The van der Waals surface area contributed by atoms with Crippen LogP contribution in [0.3, 0.4) is 0 Å². The Hall–Kier alpha value is -3.61. The third-order valence-electron chi connectivity index (χ3n) is 4.23. The van der Waals surface area contributed by atoms with Gasteiger partial charge in [0.1, 0.15) is 11.5 Å². The van der Waals surface area contributed by atoms with Crippen LogP contribution in [0.4, 0.5) is 17.6 Å². The highest BCUT2D eigenvalue weighted by atomic mass is 32.2. The first-order chi connectivity index (χ1) is 15.0. The molecule has 166 valence electrons. The van der Waals surface area contributed by atoms with Crippen molar-refractivity contribution in [3.8, 4) is 11.4 Å². The molecule has 0 fully saturated rings. The second-order valence-electron chi connectivity index (χ2n) is 6.81. The van der Waals surface area contributed by atoms with Crippen LogP contribution < -0.4 is 0 Å². The predicted octanol–water partition coefficient (Wildman–Crippen LogP) is 3.98. The van der Waals surface area contributed by atoms with Crippen LogP contribution in [0.1, 0.15) is 21.9 Å². The van der Waals surface area contributed by atoms with Crippen molar-refractivity contribution < 1.29 is 31.1 Å². The summed E-state index contributed by atoms with van der Waals surface area (Å²) in [4.78, 5) is 19.8. The molecule has 0 spiro atoms. The second-order valence-corrected chi connectivity index (χ2v) is 9.20. The van der Waals surface area contributed by atoms with Gasteiger partial charge in [-0.25, -0.2) is 13.6 Å². The van der Waals surface area contributed by atoms with E-state index >= 15 is 0 Å². The number of amides is 1. The van der Waals surface area contributed by atoms with Crippen LogP contribution >= 0.6 is 0 Å². The van der Waals surface area contributed by atoms with Gasteiger partial charge in [0.05, 0.1) is 26.7 Å². The van der Waals surface area contributed by atoms with E-state index in [1.807, 2.05) is 0 Å². The number of carbonyl (C=O) groups is 1. The summed E-state index contributed by atoms with van der Waals surface area (Å²) >= 11 is 0. The van der Waals surface area contributed by atoms with E-state index in [0.717, 1.165) is 6.07 Å². The number of fused-ring (bicyclic) bond motifs is 1. The first-order valence-electron chi connectivity index (χ1n) is 8.89. The van der Waals surface area contributed by atoms with Crippen molar-refractivity contribution in [1.82, 2.24) is 19.5 Å². The summed E-state index contributed by atoms with van der Waals surface area (Å²) in [5.74, 6) is -3.66. The molecular formula is C19H13F4N5O3S. The SMILES string of the molecule is CS(=O)(Cc1cn2ccc(-c3noc(C(F)(F)F)n3)cc2n1)=NC(=O)c1ccccc1F. The highest BCUT2D eigenvalue weighted by molar-refractivity contribution is 7.92. The molecule has 0 aliphatic carbocycles. The number of nitrogens with zero attached hydrogens (tertiary/aromatic N) is 5. The number of carbonyl (C=O) groups excluding carboxylic acids is 1. The van der Waals surface area contributed by atoms with Gasteiger partial charge in [0, 0.05) is 24.2 Å². The molecule has 0 bridgehead atoms. The Morgan fingerprint density at radius 1 is 1.22 bits per heavy atom. The van der Waals surface area contributed by atoms with Crippen LogP contribution in [-0.2, 0) is 21.7 Å². The van der Waals surface area contributed by atoms with Gasteiger partial charge in [-0.2, -0.15) is 22.5 Å². The lowest BCUT2D eigenvalue weighted by atomic mass is 10.2. The lowest BCUT2D eigenvalue weighted by Gasteiger charge is -2.02. The molecule has 0 saturated carbocycles. The van der Waals surface area contributed by atoms with E-state index in [9.17, 15) is 26.6 Å². The minimum atomic E-state index is -4.76. The van der Waals surface area contributed by atoms with E-state index in [4.69, 9.17) is 0 Å². The molecule has 32 heavy (non-hydrogen) atoms. The summed E-state index contributed by atoms with van der Waals surface area (Å²) < 4.78 is 74.0. The normalized spacial score (nSPS) is 13.8. The van der Waals surface area contributed by atoms with E-state index in [-0.39, 0.29) is 22.7 Å². The van der Waals surface area contributed by atoms with Crippen molar-refractivity contribution in [1.29, 1.82) is 0 Å². The molecule has 3 aromatic heterocycles. The van der Waals surface area contributed by atoms with Gasteiger partial charge in [-0.15, -0.1) is 0 Å². The van der Waals surface area contributed by atoms with E-state index in [0.29, 0.717) is 11.3 Å². The lowest BCUT2D eigenvalue weighted by Crippen LogP contribution is -2.07. The Kier molecular flexibility index (Phi) is 5.28. The van der Waals surface area contributed by atoms with Crippen molar-refractivity contribution in [2.75, 3.05) is 6.26 Å².